The summed E-state index contributed by atoms with van der Waals surface area (Å²) in [5, 5.41) is 66.5. The number of nitrogens with zero attached hydrogens (tertiary/aromatic N) is 1. The molecule has 0 radical (unpaired) electrons. The molecule has 2 heterocycles. The first-order chi connectivity index (χ1) is 21.0. The topological polar surface area (TPSA) is 198 Å². The lowest BCUT2D eigenvalue weighted by Crippen LogP contribution is -2.69. The third-order valence-corrected chi connectivity index (χ3v) is 8.29. The van der Waals surface area contributed by atoms with Crippen molar-refractivity contribution in [2.45, 2.75) is 50.2 Å². The Morgan fingerprint density at radius 1 is 1.20 bits per heavy atom. The Kier molecular flexibility index (Phi) is 8.82. The second kappa shape index (κ2) is 12.3. The number of Topliss-reactive ketones (excluding diaryl/α,β-unsaturated/α-hetero) is 1. The standard InChI is InChI=1S/C31H36N2O11/c1-15-7-17-8-18(42-3)9-22(43-30-31(41,14-35)28(39)26(37)23(13-34)44-30)25(17)27(38)24(15)21(36)12-33-11-20-16(10-32-2)5-4-6-19(20)29(33)40/h4-9,23,26,28,30,32,34-35,37-39,41H,10-14H2,1-3H3/t23-,26-,28+,30-,31-/m1/s1. The van der Waals surface area contributed by atoms with Gasteiger partial charge in [0.1, 0.15) is 35.6 Å². The maximum Gasteiger partial charge on any atom is 0.254 e. The molecular weight excluding hydrogens is 576 g/mol. The molecule has 13 heteroatoms. The lowest BCUT2D eigenvalue weighted by Gasteiger charge is -2.46. The number of phenolic OH excluding ortho intramolecular Hbond substituents is 1. The molecule has 0 aliphatic carbocycles. The summed E-state index contributed by atoms with van der Waals surface area (Å²) in [5.41, 5.74) is 0.125. The van der Waals surface area contributed by atoms with Crippen molar-refractivity contribution in [3.63, 3.8) is 0 Å². The van der Waals surface area contributed by atoms with Gasteiger partial charge in [0.2, 0.25) is 6.29 Å². The highest BCUT2D eigenvalue weighted by molar-refractivity contribution is 6.10. The average molecular weight is 613 g/mol. The van der Waals surface area contributed by atoms with Crippen molar-refractivity contribution in [2.24, 2.45) is 0 Å². The first-order valence-corrected chi connectivity index (χ1v) is 14.0. The van der Waals surface area contributed by atoms with Gasteiger partial charge in [-0.25, -0.2) is 0 Å². The molecule has 1 saturated heterocycles. The van der Waals surface area contributed by atoms with Crippen LogP contribution in [0.25, 0.3) is 10.8 Å². The van der Waals surface area contributed by atoms with Crippen molar-refractivity contribution < 1.29 is 54.4 Å². The molecule has 0 aromatic heterocycles. The quantitative estimate of drug-likeness (QED) is 0.151. The van der Waals surface area contributed by atoms with E-state index in [0.29, 0.717) is 23.1 Å². The molecule has 0 bridgehead atoms. The molecule has 5 rings (SSSR count). The van der Waals surface area contributed by atoms with Gasteiger partial charge in [0.15, 0.2) is 11.4 Å². The summed E-state index contributed by atoms with van der Waals surface area (Å²) >= 11 is 0. The Balaban J connectivity index is 1.52. The molecule has 7 N–H and O–H groups in total. The number of fused-ring (bicyclic) bond motifs is 2. The van der Waals surface area contributed by atoms with Crippen molar-refractivity contribution in [1.82, 2.24) is 10.2 Å². The van der Waals surface area contributed by atoms with Crippen LogP contribution >= 0.6 is 0 Å². The highest BCUT2D eigenvalue weighted by Gasteiger charge is 2.56. The molecule has 2 aliphatic heterocycles. The van der Waals surface area contributed by atoms with Gasteiger partial charge in [-0.2, -0.15) is 0 Å². The number of hydrogen-bond donors (Lipinski definition) is 7. The summed E-state index contributed by atoms with van der Waals surface area (Å²) in [6, 6.07) is 9.98. The first kappa shape index (κ1) is 31.6. The molecule has 0 unspecified atom stereocenters. The van der Waals surface area contributed by atoms with E-state index >= 15 is 0 Å². The molecule has 44 heavy (non-hydrogen) atoms. The number of aromatic hydroxyl groups is 1. The first-order valence-electron chi connectivity index (χ1n) is 14.0. The number of nitrogens with one attached hydrogen (secondary N) is 1. The number of aryl methyl sites for hydroxylation is 1. The highest BCUT2D eigenvalue weighted by Crippen LogP contribution is 2.43. The van der Waals surface area contributed by atoms with Crippen LogP contribution in [0.4, 0.5) is 0 Å². The van der Waals surface area contributed by atoms with Crippen LogP contribution in [0.5, 0.6) is 17.2 Å². The minimum atomic E-state index is -2.53. The number of aliphatic hydroxyl groups excluding tert-OH is 4. The Hall–Kier alpha value is -3.82. The normalized spacial score (nSPS) is 24.9. The molecule has 3 aromatic carbocycles. The highest BCUT2D eigenvalue weighted by atomic mass is 16.7. The van der Waals surface area contributed by atoms with Crippen LogP contribution in [0.1, 0.15) is 37.4 Å². The van der Waals surface area contributed by atoms with Gasteiger partial charge in [-0.3, -0.25) is 9.59 Å². The molecular formula is C31H36N2O11. The SMILES string of the molecule is CNCc1cccc2c1CN(CC(=O)c1c(C)cc3cc(OC)cc(O[C@@H]4O[C@H](CO)[C@@H](O)[C@H](O)[C@]4(O)CO)c3c1O)C2=O. The predicted octanol–water partition coefficient (Wildman–Crippen LogP) is -0.0383. The summed E-state index contributed by atoms with van der Waals surface area (Å²) in [7, 11) is 3.20. The van der Waals surface area contributed by atoms with E-state index in [1.54, 1.807) is 38.2 Å². The van der Waals surface area contributed by atoms with Crippen molar-refractivity contribution in [3.05, 3.63) is 64.2 Å². The minimum absolute atomic E-state index is 0.0251. The lowest BCUT2D eigenvalue weighted by molar-refractivity contribution is -0.327. The van der Waals surface area contributed by atoms with Gasteiger partial charge in [0.25, 0.3) is 5.91 Å². The predicted molar refractivity (Wildman–Crippen MR) is 156 cm³/mol. The van der Waals surface area contributed by atoms with E-state index in [0.717, 1.165) is 11.1 Å². The Morgan fingerprint density at radius 3 is 2.61 bits per heavy atom. The fourth-order valence-corrected chi connectivity index (χ4v) is 5.91. The fraction of sp³-hybridized carbons (Fsp3) is 0.419. The minimum Gasteiger partial charge on any atom is -0.506 e. The number of methoxy groups -OCH3 is 1. The van der Waals surface area contributed by atoms with Crippen LogP contribution < -0.4 is 14.8 Å². The Morgan fingerprint density at radius 2 is 1.95 bits per heavy atom. The van der Waals surface area contributed by atoms with E-state index in [1.165, 1.54) is 18.1 Å². The van der Waals surface area contributed by atoms with E-state index in [4.69, 9.17) is 14.2 Å². The van der Waals surface area contributed by atoms with Gasteiger partial charge in [-0.1, -0.05) is 18.2 Å². The lowest BCUT2D eigenvalue weighted by atomic mass is 9.87. The van der Waals surface area contributed by atoms with Gasteiger partial charge in [0, 0.05) is 24.7 Å². The van der Waals surface area contributed by atoms with E-state index in [1.807, 2.05) is 6.07 Å². The molecule has 0 saturated carbocycles. The summed E-state index contributed by atoms with van der Waals surface area (Å²) in [4.78, 5) is 28.3. The number of phenols is 1. The van der Waals surface area contributed by atoms with Crippen LogP contribution in [-0.2, 0) is 17.8 Å². The largest absolute Gasteiger partial charge is 0.506 e. The Bertz CT molecular complexity index is 1590. The van der Waals surface area contributed by atoms with Gasteiger partial charge in [-0.15, -0.1) is 0 Å². The maximum atomic E-state index is 13.7. The summed E-state index contributed by atoms with van der Waals surface area (Å²) in [5.74, 6) is -1.17. The number of ether oxygens (including phenoxy) is 3. The number of aliphatic hydroxyl groups is 5. The molecule has 1 fully saturated rings. The van der Waals surface area contributed by atoms with Crippen molar-refractivity contribution in [3.8, 4) is 17.2 Å². The molecule has 2 aliphatic rings. The van der Waals surface area contributed by atoms with Gasteiger partial charge >= 0.3 is 0 Å². The molecule has 0 spiro atoms. The molecule has 5 atom stereocenters. The second-order valence-electron chi connectivity index (χ2n) is 11.1. The summed E-state index contributed by atoms with van der Waals surface area (Å²) < 4.78 is 16.8. The molecule has 13 nitrogen and oxygen atoms in total. The second-order valence-corrected chi connectivity index (χ2v) is 11.1. The maximum absolute atomic E-state index is 13.7. The average Bonchev–Trinajstić information content (AvgIpc) is 3.32. The summed E-state index contributed by atoms with van der Waals surface area (Å²) in [6.45, 7) is 0.285. The smallest absolute Gasteiger partial charge is 0.254 e. The van der Waals surface area contributed by atoms with E-state index < -0.39 is 54.9 Å². The van der Waals surface area contributed by atoms with Crippen LogP contribution in [0.2, 0.25) is 0 Å². The number of rotatable bonds is 10. The molecule has 3 aromatic rings. The number of benzene rings is 3. The van der Waals surface area contributed by atoms with Gasteiger partial charge in [-0.05, 0) is 48.2 Å². The molecule has 236 valence electrons. The fourth-order valence-electron chi connectivity index (χ4n) is 5.91. The van der Waals surface area contributed by atoms with Crippen LogP contribution in [0, 0.1) is 6.92 Å². The number of carbonyl (C=O) groups excluding carboxylic acids is 2. The summed E-state index contributed by atoms with van der Waals surface area (Å²) in [6.07, 6.45) is -6.91. The zero-order valence-electron chi connectivity index (χ0n) is 24.5. The van der Waals surface area contributed by atoms with Gasteiger partial charge in [0.05, 0.1) is 37.8 Å². The monoisotopic (exact) mass is 612 g/mol. The number of hydrogen-bond acceptors (Lipinski definition) is 12. The van der Waals surface area contributed by atoms with Crippen molar-refractivity contribution >= 4 is 22.5 Å². The van der Waals surface area contributed by atoms with Crippen LogP contribution in [-0.4, -0.2) is 111 Å². The zero-order chi connectivity index (χ0) is 31.9. The van der Waals surface area contributed by atoms with Crippen molar-refractivity contribution in [2.75, 3.05) is 33.9 Å². The van der Waals surface area contributed by atoms with E-state index in [2.05, 4.69) is 5.32 Å². The van der Waals surface area contributed by atoms with Gasteiger partial charge < -0.3 is 55.1 Å². The number of amides is 1. The number of ketones is 1. The van der Waals surface area contributed by atoms with Crippen molar-refractivity contribution in [1.29, 1.82) is 0 Å². The van der Waals surface area contributed by atoms with Crippen LogP contribution in [0.3, 0.4) is 0 Å². The Labute approximate surface area is 252 Å². The third kappa shape index (κ3) is 5.26. The molecule has 1 amide bonds. The third-order valence-electron chi connectivity index (χ3n) is 8.29. The van der Waals surface area contributed by atoms with Crippen LogP contribution in [0.15, 0.2) is 36.4 Å². The zero-order valence-corrected chi connectivity index (χ0v) is 24.5. The van der Waals surface area contributed by atoms with E-state index in [9.17, 15) is 40.2 Å². The number of carbonyl (C=O) groups is 2. The van der Waals surface area contributed by atoms with E-state index in [-0.39, 0.29) is 41.4 Å².